The Morgan fingerprint density at radius 2 is 1.95 bits per heavy atom. The summed E-state index contributed by atoms with van der Waals surface area (Å²) in [4.78, 5) is 13.2. The topological polar surface area (TPSA) is 88.8 Å². The monoisotopic (exact) mass is 274 g/mol. The summed E-state index contributed by atoms with van der Waals surface area (Å²) >= 11 is 0. The zero-order chi connectivity index (χ0) is 13.9. The van der Waals surface area contributed by atoms with Gasteiger partial charge in [-0.3, -0.25) is 0 Å². The van der Waals surface area contributed by atoms with Crippen molar-refractivity contribution in [3.05, 3.63) is 23.6 Å². The van der Waals surface area contributed by atoms with Crippen molar-refractivity contribution in [1.82, 2.24) is 20.1 Å². The van der Waals surface area contributed by atoms with Crippen molar-refractivity contribution in [2.45, 2.75) is 39.2 Å². The van der Waals surface area contributed by atoms with Gasteiger partial charge in [-0.05, 0) is 26.7 Å². The van der Waals surface area contributed by atoms with Gasteiger partial charge in [0.25, 0.3) is 0 Å². The second-order valence-corrected chi connectivity index (χ2v) is 4.89. The number of aryl methyl sites for hydroxylation is 1. The average molecular weight is 274 g/mol. The summed E-state index contributed by atoms with van der Waals surface area (Å²) in [5, 5.41) is 10.2. The predicted molar refractivity (Wildman–Crippen MR) is 74.5 cm³/mol. The second kappa shape index (κ2) is 5.44. The Morgan fingerprint density at radius 3 is 2.55 bits per heavy atom. The Labute approximate surface area is 117 Å². The summed E-state index contributed by atoms with van der Waals surface area (Å²) in [5.41, 5.74) is 0. The van der Waals surface area contributed by atoms with Crippen LogP contribution in [0.15, 0.2) is 10.6 Å². The molecule has 3 rings (SSSR count). The quantitative estimate of drug-likeness (QED) is 0.833. The Hall–Kier alpha value is -2.18. The van der Waals surface area contributed by atoms with Crippen LogP contribution in [0.2, 0.25) is 0 Å². The average Bonchev–Trinajstić information content (AvgIpc) is 3.20. The fourth-order valence-electron chi connectivity index (χ4n) is 1.93. The molecule has 0 unspecified atom stereocenters. The number of hydrogen-bond donors (Lipinski definition) is 2. The fraction of sp³-hybridized carbons (Fsp3) is 0.538. The number of rotatable bonds is 6. The highest BCUT2D eigenvalue weighted by Crippen LogP contribution is 2.38. The maximum absolute atomic E-state index is 5.07. The van der Waals surface area contributed by atoms with Crippen LogP contribution in [0, 0.1) is 6.92 Å². The molecule has 1 aliphatic rings. The predicted octanol–water partition coefficient (Wildman–Crippen LogP) is 2.09. The third-order valence-electron chi connectivity index (χ3n) is 3.03. The van der Waals surface area contributed by atoms with E-state index in [1.54, 1.807) is 6.92 Å². The number of nitrogens with one attached hydrogen (secondary N) is 2. The minimum absolute atomic E-state index is 0.466. The van der Waals surface area contributed by atoms with Crippen molar-refractivity contribution in [3.8, 4) is 0 Å². The summed E-state index contributed by atoms with van der Waals surface area (Å²) in [6, 6.07) is 1.90. The zero-order valence-electron chi connectivity index (χ0n) is 11.7. The lowest BCUT2D eigenvalue weighted by Gasteiger charge is -2.09. The molecule has 0 bridgehead atoms. The molecule has 20 heavy (non-hydrogen) atoms. The van der Waals surface area contributed by atoms with E-state index < -0.39 is 0 Å². The summed E-state index contributed by atoms with van der Waals surface area (Å²) in [5.74, 6) is 4.25. The van der Waals surface area contributed by atoms with E-state index in [9.17, 15) is 0 Å². The van der Waals surface area contributed by atoms with E-state index in [1.165, 1.54) is 12.8 Å². The number of anilines is 2. The van der Waals surface area contributed by atoms with Crippen molar-refractivity contribution in [3.63, 3.8) is 0 Å². The van der Waals surface area contributed by atoms with Gasteiger partial charge < -0.3 is 15.2 Å². The molecular formula is C13H18N6O. The number of hydrogen-bond acceptors (Lipinski definition) is 7. The lowest BCUT2D eigenvalue weighted by atomic mass is 10.3. The molecule has 2 heterocycles. The third kappa shape index (κ3) is 3.04. The highest BCUT2D eigenvalue weighted by Gasteiger charge is 2.27. The normalized spacial score (nSPS) is 14.3. The van der Waals surface area contributed by atoms with Gasteiger partial charge in [-0.2, -0.15) is 4.98 Å². The minimum atomic E-state index is 0.466. The van der Waals surface area contributed by atoms with Crippen LogP contribution in [0.3, 0.4) is 0 Å². The van der Waals surface area contributed by atoms with Crippen LogP contribution in [-0.4, -0.2) is 26.7 Å². The summed E-state index contributed by atoms with van der Waals surface area (Å²) < 4.78 is 5.07. The molecule has 1 saturated carbocycles. The first-order valence-electron chi connectivity index (χ1n) is 6.90. The molecule has 7 heteroatoms. The van der Waals surface area contributed by atoms with E-state index in [1.807, 2.05) is 13.0 Å². The molecule has 2 aromatic rings. The van der Waals surface area contributed by atoms with Crippen LogP contribution in [-0.2, 0) is 6.54 Å². The lowest BCUT2D eigenvalue weighted by Crippen LogP contribution is -2.08. The largest absolute Gasteiger partial charge is 0.370 e. The van der Waals surface area contributed by atoms with Gasteiger partial charge in [0.05, 0.1) is 6.54 Å². The Kier molecular flexibility index (Phi) is 3.49. The standard InChI is InChI=1S/C13H18N6O/c1-3-14-10-6-11(18-13(17-10)9-4-5-9)15-7-12-16-8(2)19-20-12/h6,9H,3-5,7H2,1-2H3,(H2,14,15,17,18). The Balaban J connectivity index is 1.73. The van der Waals surface area contributed by atoms with Gasteiger partial charge >= 0.3 is 0 Å². The van der Waals surface area contributed by atoms with Gasteiger partial charge in [0, 0.05) is 18.5 Å². The zero-order valence-corrected chi connectivity index (χ0v) is 11.7. The number of nitrogens with zero attached hydrogens (tertiary/aromatic N) is 4. The molecular weight excluding hydrogens is 256 g/mol. The van der Waals surface area contributed by atoms with E-state index in [0.717, 1.165) is 24.0 Å². The first-order chi connectivity index (χ1) is 9.74. The first-order valence-corrected chi connectivity index (χ1v) is 6.90. The van der Waals surface area contributed by atoms with E-state index in [0.29, 0.717) is 24.2 Å². The van der Waals surface area contributed by atoms with Crippen LogP contribution in [0.5, 0.6) is 0 Å². The maximum Gasteiger partial charge on any atom is 0.245 e. The molecule has 1 fully saturated rings. The molecule has 2 N–H and O–H groups in total. The van der Waals surface area contributed by atoms with Gasteiger partial charge in [-0.25, -0.2) is 9.97 Å². The summed E-state index contributed by atoms with van der Waals surface area (Å²) in [6.45, 7) is 5.15. The lowest BCUT2D eigenvalue weighted by molar-refractivity contribution is 0.379. The van der Waals surface area contributed by atoms with Crippen molar-refractivity contribution in [2.75, 3.05) is 17.2 Å². The van der Waals surface area contributed by atoms with Crippen LogP contribution < -0.4 is 10.6 Å². The minimum Gasteiger partial charge on any atom is -0.370 e. The fourth-order valence-corrected chi connectivity index (χ4v) is 1.93. The van der Waals surface area contributed by atoms with Crippen molar-refractivity contribution in [1.29, 1.82) is 0 Å². The molecule has 106 valence electrons. The van der Waals surface area contributed by atoms with Crippen LogP contribution in [0.1, 0.15) is 43.2 Å². The summed E-state index contributed by atoms with van der Waals surface area (Å²) in [7, 11) is 0. The molecule has 0 amide bonds. The van der Waals surface area contributed by atoms with Gasteiger partial charge in [-0.15, -0.1) is 0 Å². The van der Waals surface area contributed by atoms with Gasteiger partial charge in [0.1, 0.15) is 17.5 Å². The smallest absolute Gasteiger partial charge is 0.245 e. The van der Waals surface area contributed by atoms with E-state index in [2.05, 4.69) is 30.7 Å². The summed E-state index contributed by atoms with van der Waals surface area (Å²) in [6.07, 6.45) is 2.36. The first kappa shape index (κ1) is 12.8. The molecule has 7 nitrogen and oxygen atoms in total. The Morgan fingerprint density at radius 1 is 1.20 bits per heavy atom. The molecule has 0 saturated heterocycles. The second-order valence-electron chi connectivity index (χ2n) is 4.89. The number of aromatic nitrogens is 4. The highest BCUT2D eigenvalue weighted by molar-refractivity contribution is 5.48. The van der Waals surface area contributed by atoms with Crippen molar-refractivity contribution < 1.29 is 4.52 Å². The third-order valence-corrected chi connectivity index (χ3v) is 3.03. The van der Waals surface area contributed by atoms with Gasteiger partial charge in [0.2, 0.25) is 5.89 Å². The molecule has 0 aromatic carbocycles. The Bertz CT molecular complexity index is 592. The molecule has 1 aliphatic carbocycles. The SMILES string of the molecule is CCNc1cc(NCc2nc(C)no2)nc(C2CC2)n1. The molecule has 0 radical (unpaired) electrons. The van der Waals surface area contributed by atoms with E-state index in [4.69, 9.17) is 4.52 Å². The molecule has 0 aliphatic heterocycles. The molecule has 2 aromatic heterocycles. The van der Waals surface area contributed by atoms with E-state index in [-0.39, 0.29) is 0 Å². The van der Waals surface area contributed by atoms with Crippen LogP contribution >= 0.6 is 0 Å². The highest BCUT2D eigenvalue weighted by atomic mass is 16.5. The van der Waals surface area contributed by atoms with E-state index >= 15 is 0 Å². The molecule has 0 atom stereocenters. The molecule has 0 spiro atoms. The van der Waals surface area contributed by atoms with Crippen molar-refractivity contribution >= 4 is 11.6 Å². The van der Waals surface area contributed by atoms with Gasteiger partial charge in [0.15, 0.2) is 5.82 Å². The van der Waals surface area contributed by atoms with Gasteiger partial charge in [-0.1, -0.05) is 5.16 Å². The van der Waals surface area contributed by atoms with Crippen molar-refractivity contribution in [2.24, 2.45) is 0 Å². The van der Waals surface area contributed by atoms with Crippen LogP contribution in [0.25, 0.3) is 0 Å². The van der Waals surface area contributed by atoms with Crippen LogP contribution in [0.4, 0.5) is 11.6 Å². The maximum atomic E-state index is 5.07.